The monoisotopic (exact) mass is 550 g/mol. The molecule has 3 aliphatic rings. The lowest BCUT2D eigenvalue weighted by Gasteiger charge is -2.35. The van der Waals surface area contributed by atoms with Gasteiger partial charge < -0.3 is 15.0 Å². The Labute approximate surface area is 231 Å². The number of amides is 3. The Bertz CT molecular complexity index is 1430. The number of rotatable bonds is 5. The number of carbonyl (C=O) groups excluding carboxylic acids is 3. The van der Waals surface area contributed by atoms with Gasteiger partial charge in [-0.2, -0.15) is 5.26 Å². The van der Waals surface area contributed by atoms with E-state index in [2.05, 4.69) is 5.32 Å². The molecule has 8 nitrogen and oxygen atoms in total. The van der Waals surface area contributed by atoms with Gasteiger partial charge in [-0.3, -0.25) is 14.5 Å². The van der Waals surface area contributed by atoms with Gasteiger partial charge in [0.05, 0.1) is 12.5 Å². The fraction of sp³-hybridized carbons (Fsp3) is 0.467. The highest BCUT2D eigenvalue weighted by Gasteiger charge is 2.52. The minimum absolute atomic E-state index is 0.0318. The van der Waals surface area contributed by atoms with Crippen molar-refractivity contribution in [3.05, 3.63) is 53.1 Å². The first-order valence-corrected chi connectivity index (χ1v) is 13.5. The van der Waals surface area contributed by atoms with Crippen LogP contribution in [0.2, 0.25) is 0 Å². The minimum atomic E-state index is -1.13. The molecule has 0 aromatic heterocycles. The van der Waals surface area contributed by atoms with E-state index in [1.807, 2.05) is 6.07 Å². The second-order valence-corrected chi connectivity index (χ2v) is 11.9. The number of nitriles is 1. The Balaban J connectivity index is 1.31. The molecule has 4 atom stereocenters. The molecule has 1 aliphatic carbocycles. The third-order valence-corrected chi connectivity index (χ3v) is 7.96. The van der Waals surface area contributed by atoms with Crippen molar-refractivity contribution in [2.24, 2.45) is 5.92 Å². The van der Waals surface area contributed by atoms with Gasteiger partial charge >= 0.3 is 6.09 Å². The second kappa shape index (κ2) is 10.2. The van der Waals surface area contributed by atoms with Gasteiger partial charge in [0.2, 0.25) is 11.8 Å². The predicted octanol–water partition coefficient (Wildman–Crippen LogP) is 4.49. The molecule has 0 spiro atoms. The van der Waals surface area contributed by atoms with Gasteiger partial charge in [0, 0.05) is 30.8 Å². The Morgan fingerprint density at radius 3 is 2.62 bits per heavy atom. The average molecular weight is 551 g/mol. The number of anilines is 1. The van der Waals surface area contributed by atoms with Gasteiger partial charge in [-0.05, 0) is 80.8 Å². The van der Waals surface area contributed by atoms with Gasteiger partial charge in [0.1, 0.15) is 29.3 Å². The van der Waals surface area contributed by atoms with E-state index in [9.17, 15) is 19.6 Å². The van der Waals surface area contributed by atoms with Crippen LogP contribution in [0.3, 0.4) is 0 Å². The smallest absolute Gasteiger partial charge is 0.411 e. The maximum absolute atomic E-state index is 15.2. The maximum Gasteiger partial charge on any atom is 0.411 e. The summed E-state index contributed by atoms with van der Waals surface area (Å²) in [6.07, 6.45) is 1.69. The van der Waals surface area contributed by atoms with Crippen molar-refractivity contribution in [2.45, 2.75) is 76.6 Å². The summed E-state index contributed by atoms with van der Waals surface area (Å²) >= 11 is 0. The molecule has 0 radical (unpaired) electrons. The molecule has 2 aliphatic heterocycles. The molecule has 210 valence electrons. The number of likely N-dealkylation sites (N-methyl/N-ethyl adjacent to an activating group) is 1. The molecule has 1 saturated heterocycles. The van der Waals surface area contributed by atoms with E-state index < -0.39 is 41.3 Å². The lowest BCUT2D eigenvalue weighted by atomic mass is 9.96. The van der Waals surface area contributed by atoms with Crippen LogP contribution < -0.4 is 10.2 Å². The molecule has 5 rings (SSSR count). The molecular weight excluding hydrogens is 518 g/mol. The molecule has 2 fully saturated rings. The molecule has 3 amide bonds. The van der Waals surface area contributed by atoms with E-state index in [1.165, 1.54) is 9.80 Å². The van der Waals surface area contributed by atoms with Gasteiger partial charge in [0.15, 0.2) is 0 Å². The summed E-state index contributed by atoms with van der Waals surface area (Å²) in [5.74, 6) is -2.02. The van der Waals surface area contributed by atoms with Crippen molar-refractivity contribution < 1.29 is 27.9 Å². The minimum Gasteiger partial charge on any atom is -0.444 e. The highest BCUT2D eigenvalue weighted by Crippen LogP contribution is 2.43. The molecule has 1 N–H and O–H groups in total. The number of hydrogen-bond donors (Lipinski definition) is 1. The predicted molar refractivity (Wildman–Crippen MR) is 143 cm³/mol. The summed E-state index contributed by atoms with van der Waals surface area (Å²) in [5, 5.41) is 12.4. The number of carbonyl (C=O) groups is 3. The van der Waals surface area contributed by atoms with Gasteiger partial charge in [-0.15, -0.1) is 0 Å². The zero-order valence-corrected chi connectivity index (χ0v) is 23.0. The summed E-state index contributed by atoms with van der Waals surface area (Å²) < 4.78 is 35.9. The second-order valence-electron chi connectivity index (χ2n) is 11.9. The summed E-state index contributed by atoms with van der Waals surface area (Å²) in [5.41, 5.74) is 1.15. The molecule has 2 aromatic rings. The van der Waals surface area contributed by atoms with Crippen LogP contribution in [0.25, 0.3) is 11.1 Å². The van der Waals surface area contributed by atoms with Gasteiger partial charge in [-0.25, -0.2) is 13.6 Å². The number of nitrogens with one attached hydrogen (secondary N) is 1. The molecule has 1 unspecified atom stereocenters. The van der Waals surface area contributed by atoms with Crippen LogP contribution in [0.1, 0.15) is 51.2 Å². The third kappa shape index (κ3) is 5.12. The quantitative estimate of drug-likeness (QED) is 0.591. The normalized spacial score (nSPS) is 22.2. The third-order valence-electron chi connectivity index (χ3n) is 7.96. The number of likely N-dealkylation sites (tertiary alicyclic amines) is 1. The van der Waals surface area contributed by atoms with Crippen LogP contribution in [0.4, 0.5) is 19.3 Å². The first-order valence-electron chi connectivity index (χ1n) is 13.5. The number of benzene rings is 2. The van der Waals surface area contributed by atoms with E-state index in [4.69, 9.17) is 4.74 Å². The van der Waals surface area contributed by atoms with Crippen LogP contribution in [0, 0.1) is 28.9 Å². The zero-order chi connectivity index (χ0) is 28.9. The van der Waals surface area contributed by atoms with Crippen molar-refractivity contribution in [1.82, 2.24) is 10.2 Å². The number of ether oxygens (including phenoxy) is 1. The number of hydrogen-bond acceptors (Lipinski definition) is 5. The van der Waals surface area contributed by atoms with E-state index in [0.29, 0.717) is 17.7 Å². The fourth-order valence-electron chi connectivity index (χ4n) is 6.08. The van der Waals surface area contributed by atoms with Gasteiger partial charge in [0.25, 0.3) is 0 Å². The van der Waals surface area contributed by atoms with Crippen LogP contribution in [0.15, 0.2) is 30.3 Å². The van der Waals surface area contributed by atoms with Crippen LogP contribution in [0.5, 0.6) is 0 Å². The molecular formula is C30H32F2N4O4. The van der Waals surface area contributed by atoms with Crippen molar-refractivity contribution in [3.8, 4) is 17.2 Å². The van der Waals surface area contributed by atoms with E-state index >= 15 is 8.78 Å². The summed E-state index contributed by atoms with van der Waals surface area (Å²) in [6.45, 7) is 5.26. The topological polar surface area (TPSA) is 103 Å². The lowest BCUT2D eigenvalue weighted by Crippen LogP contribution is -2.55. The Morgan fingerprint density at radius 2 is 1.93 bits per heavy atom. The van der Waals surface area contributed by atoms with E-state index in [0.717, 1.165) is 30.5 Å². The van der Waals surface area contributed by atoms with Crippen molar-refractivity contribution >= 4 is 23.6 Å². The number of fused-ring (bicyclic) bond motifs is 3. The Kier molecular flexibility index (Phi) is 7.02. The Morgan fingerprint density at radius 1 is 1.18 bits per heavy atom. The number of piperidine rings is 1. The molecule has 1 saturated carbocycles. The average Bonchev–Trinajstić information content (AvgIpc) is 3.58. The summed E-state index contributed by atoms with van der Waals surface area (Å²) in [6, 6.07) is 7.09. The highest BCUT2D eigenvalue weighted by molar-refractivity contribution is 6.01. The van der Waals surface area contributed by atoms with Crippen LogP contribution in [-0.4, -0.2) is 53.6 Å². The summed E-state index contributed by atoms with van der Waals surface area (Å²) in [4.78, 5) is 41.1. The fourth-order valence-corrected chi connectivity index (χ4v) is 6.08. The SMILES string of the molecule is CN1C(=O)Cc2ccc(-c3cc(F)c(CC(C#N)NC(=O)[C@@H]4[C@H]5CC[C@H](C5)N4C(=O)OC(C)(C)C)cc3F)cc21. The van der Waals surface area contributed by atoms with Crippen molar-refractivity contribution in [3.63, 3.8) is 0 Å². The largest absolute Gasteiger partial charge is 0.444 e. The molecule has 40 heavy (non-hydrogen) atoms. The zero-order valence-electron chi connectivity index (χ0n) is 23.0. The van der Waals surface area contributed by atoms with Crippen molar-refractivity contribution in [1.29, 1.82) is 5.26 Å². The first kappa shape index (κ1) is 27.6. The summed E-state index contributed by atoms with van der Waals surface area (Å²) in [7, 11) is 1.64. The Hall–Kier alpha value is -4.00. The molecule has 2 aromatic carbocycles. The van der Waals surface area contributed by atoms with Crippen molar-refractivity contribution in [2.75, 3.05) is 11.9 Å². The van der Waals surface area contributed by atoms with Crippen LogP contribution >= 0.6 is 0 Å². The van der Waals surface area contributed by atoms with Gasteiger partial charge in [-0.1, -0.05) is 12.1 Å². The molecule has 2 bridgehead atoms. The molecule has 2 heterocycles. The number of nitrogens with zero attached hydrogens (tertiary/aromatic N) is 3. The van der Waals surface area contributed by atoms with E-state index in [-0.39, 0.29) is 41.8 Å². The van der Waals surface area contributed by atoms with E-state index in [1.54, 1.807) is 46.0 Å². The standard InChI is InChI=1S/C30H32F2N4O4/c1-30(2,3)40-29(39)36-21-8-7-18(10-21)27(36)28(38)34-20(15-33)9-19-11-24(32)22(14-23(19)31)16-5-6-17-13-26(37)35(4)25(17)12-16/h5-6,11-12,14,18,20-21,27H,7-10,13H2,1-4H3,(H,34,38)/t18-,20?,21+,27-/m0/s1. The lowest BCUT2D eigenvalue weighted by molar-refractivity contribution is -0.128. The first-order chi connectivity index (χ1) is 18.9. The molecule has 10 heteroatoms. The highest BCUT2D eigenvalue weighted by atomic mass is 19.1. The van der Waals surface area contributed by atoms with Crippen LogP contribution in [-0.2, 0) is 27.2 Å². The number of halogens is 2. The maximum atomic E-state index is 15.2.